The zero-order valence-electron chi connectivity index (χ0n) is 10.9. The van der Waals surface area contributed by atoms with Crippen LogP contribution in [0.2, 0.25) is 0 Å². The van der Waals surface area contributed by atoms with E-state index in [1.165, 1.54) is 11.8 Å². The largest absolute Gasteiger partial charge is 0.497 e. The second-order valence-electron chi connectivity index (χ2n) is 4.11. The summed E-state index contributed by atoms with van der Waals surface area (Å²) < 4.78 is 5.06. The van der Waals surface area contributed by atoms with Crippen LogP contribution in [0.5, 0.6) is 5.75 Å². The number of thioether (sulfide) groups is 1. The van der Waals surface area contributed by atoms with Gasteiger partial charge in [-0.3, -0.25) is 4.79 Å². The van der Waals surface area contributed by atoms with Crippen LogP contribution in [0.15, 0.2) is 47.6 Å². The summed E-state index contributed by atoms with van der Waals surface area (Å²) in [5.41, 5.74) is 1.81. The molecule has 2 aromatic rings. The zero-order chi connectivity index (χ0) is 13.7. The highest BCUT2D eigenvalue weighted by Gasteiger charge is 2.07. The van der Waals surface area contributed by atoms with Crippen LogP contribution in [0.25, 0.3) is 0 Å². The van der Waals surface area contributed by atoms with Crippen LogP contribution in [0, 0.1) is 6.92 Å². The Bertz CT molecular complexity index is 549. The number of carbonyl (C=O) groups is 1. The molecule has 98 valence electrons. The molecule has 0 bridgehead atoms. The van der Waals surface area contributed by atoms with Crippen molar-refractivity contribution in [1.29, 1.82) is 0 Å². The summed E-state index contributed by atoms with van der Waals surface area (Å²) >= 11 is 1.45. The number of Topliss-reactive ketones (excluding diaryl/α,β-unsaturated/α-hetero) is 1. The van der Waals surface area contributed by atoms with E-state index < -0.39 is 0 Å². The molecule has 0 aliphatic heterocycles. The van der Waals surface area contributed by atoms with Crippen LogP contribution in [0.4, 0.5) is 0 Å². The summed E-state index contributed by atoms with van der Waals surface area (Å²) in [5.74, 6) is 1.24. The summed E-state index contributed by atoms with van der Waals surface area (Å²) in [5, 5.41) is 0.868. The van der Waals surface area contributed by atoms with Crippen LogP contribution in [-0.2, 0) is 0 Å². The Morgan fingerprint density at radius 3 is 2.53 bits per heavy atom. The first-order valence-corrected chi connectivity index (χ1v) is 6.90. The molecule has 0 N–H and O–H groups in total. The molecule has 0 atom stereocenters. The van der Waals surface area contributed by atoms with Crippen molar-refractivity contribution in [2.45, 2.75) is 11.9 Å². The topological polar surface area (TPSA) is 39.2 Å². The lowest BCUT2D eigenvalue weighted by Gasteiger charge is -2.03. The molecule has 0 saturated heterocycles. The summed E-state index contributed by atoms with van der Waals surface area (Å²) in [6.45, 7) is 1.99. The molecule has 1 aromatic carbocycles. The Labute approximate surface area is 117 Å². The van der Waals surface area contributed by atoms with E-state index in [9.17, 15) is 4.79 Å². The summed E-state index contributed by atoms with van der Waals surface area (Å²) in [7, 11) is 1.61. The molecule has 4 heteroatoms. The lowest BCUT2D eigenvalue weighted by atomic mass is 10.1. The van der Waals surface area contributed by atoms with Crippen molar-refractivity contribution in [2.24, 2.45) is 0 Å². The molecule has 0 unspecified atom stereocenters. The first-order valence-electron chi connectivity index (χ1n) is 5.92. The minimum atomic E-state index is 0.0926. The quantitative estimate of drug-likeness (QED) is 0.618. The minimum Gasteiger partial charge on any atom is -0.497 e. The number of ether oxygens (including phenoxy) is 1. The van der Waals surface area contributed by atoms with Crippen molar-refractivity contribution in [2.75, 3.05) is 12.9 Å². The third-order valence-electron chi connectivity index (χ3n) is 2.65. The molecule has 0 aliphatic carbocycles. The van der Waals surface area contributed by atoms with Gasteiger partial charge in [-0.2, -0.15) is 0 Å². The maximum Gasteiger partial charge on any atom is 0.173 e. The summed E-state index contributed by atoms with van der Waals surface area (Å²) in [4.78, 5) is 16.3. The van der Waals surface area contributed by atoms with Crippen LogP contribution >= 0.6 is 11.8 Å². The number of ketones is 1. The normalized spacial score (nSPS) is 10.2. The lowest BCUT2D eigenvalue weighted by Crippen LogP contribution is -2.02. The fraction of sp³-hybridized carbons (Fsp3) is 0.200. The molecule has 0 aliphatic rings. The molecule has 0 spiro atoms. The van der Waals surface area contributed by atoms with Crippen molar-refractivity contribution < 1.29 is 9.53 Å². The maximum atomic E-state index is 12.0. The number of pyridine rings is 1. The number of benzene rings is 1. The molecule has 0 radical (unpaired) electrons. The number of carbonyl (C=O) groups excluding carboxylic acids is 1. The van der Waals surface area contributed by atoms with Gasteiger partial charge in [0, 0.05) is 11.8 Å². The van der Waals surface area contributed by atoms with Crippen molar-refractivity contribution in [3.8, 4) is 5.75 Å². The number of hydrogen-bond acceptors (Lipinski definition) is 4. The third-order valence-corrected chi connectivity index (χ3v) is 3.59. The van der Waals surface area contributed by atoms with Crippen molar-refractivity contribution >= 4 is 17.5 Å². The highest BCUT2D eigenvalue weighted by atomic mass is 32.2. The van der Waals surface area contributed by atoms with E-state index in [1.54, 1.807) is 37.6 Å². The third kappa shape index (κ3) is 3.83. The number of rotatable bonds is 5. The van der Waals surface area contributed by atoms with Gasteiger partial charge in [0.2, 0.25) is 0 Å². The molecule has 3 nitrogen and oxygen atoms in total. The number of aryl methyl sites for hydroxylation is 1. The molecule has 2 rings (SSSR count). The zero-order valence-corrected chi connectivity index (χ0v) is 11.7. The second-order valence-corrected chi connectivity index (χ2v) is 5.11. The van der Waals surface area contributed by atoms with Crippen molar-refractivity contribution in [3.05, 3.63) is 53.7 Å². The Morgan fingerprint density at radius 1 is 1.21 bits per heavy atom. The van der Waals surface area contributed by atoms with E-state index in [4.69, 9.17) is 4.74 Å². The molecular formula is C15H15NO2S. The fourth-order valence-corrected chi connectivity index (χ4v) is 2.28. The predicted octanol–water partition coefficient (Wildman–Crippen LogP) is 3.37. The van der Waals surface area contributed by atoms with Gasteiger partial charge in [0.25, 0.3) is 0 Å². The number of nitrogens with zero attached hydrogens (tertiary/aromatic N) is 1. The standard InChI is InChI=1S/C15H15NO2S/c1-11-3-8-15(16-9-11)19-10-14(17)12-4-6-13(18-2)7-5-12/h3-9H,10H2,1-2H3. The average Bonchev–Trinajstić information content (AvgIpc) is 2.46. The number of hydrogen-bond donors (Lipinski definition) is 0. The highest BCUT2D eigenvalue weighted by Crippen LogP contribution is 2.18. The monoisotopic (exact) mass is 273 g/mol. The van der Waals surface area contributed by atoms with E-state index >= 15 is 0 Å². The average molecular weight is 273 g/mol. The first kappa shape index (κ1) is 13.6. The van der Waals surface area contributed by atoms with Crippen molar-refractivity contribution in [1.82, 2.24) is 4.98 Å². The summed E-state index contributed by atoms with van der Waals surface area (Å²) in [6, 6.07) is 11.1. The van der Waals surface area contributed by atoms with Gasteiger partial charge in [0.15, 0.2) is 5.78 Å². The molecule has 0 amide bonds. The highest BCUT2D eigenvalue weighted by molar-refractivity contribution is 7.99. The van der Waals surface area contributed by atoms with E-state index in [2.05, 4.69) is 4.98 Å². The minimum absolute atomic E-state index is 0.0926. The van der Waals surface area contributed by atoms with Crippen LogP contribution in [0.3, 0.4) is 0 Å². The Kier molecular flexibility index (Phi) is 4.58. The Morgan fingerprint density at radius 2 is 1.95 bits per heavy atom. The van der Waals surface area contributed by atoms with Crippen molar-refractivity contribution in [3.63, 3.8) is 0 Å². The van der Waals surface area contributed by atoms with Gasteiger partial charge in [-0.15, -0.1) is 0 Å². The molecule has 0 saturated carbocycles. The first-order chi connectivity index (χ1) is 9.19. The Hall–Kier alpha value is -1.81. The van der Waals surface area contributed by atoms with Crippen LogP contribution in [0.1, 0.15) is 15.9 Å². The van der Waals surface area contributed by atoms with E-state index in [-0.39, 0.29) is 5.78 Å². The van der Waals surface area contributed by atoms with E-state index in [1.807, 2.05) is 19.1 Å². The molecule has 1 aromatic heterocycles. The fourth-order valence-electron chi connectivity index (χ4n) is 1.54. The lowest BCUT2D eigenvalue weighted by molar-refractivity contribution is 0.102. The maximum absolute atomic E-state index is 12.0. The van der Waals surface area contributed by atoms with E-state index in [0.717, 1.165) is 16.3 Å². The SMILES string of the molecule is COc1ccc(C(=O)CSc2ccc(C)cn2)cc1. The summed E-state index contributed by atoms with van der Waals surface area (Å²) in [6.07, 6.45) is 1.81. The van der Waals surface area contributed by atoms with Gasteiger partial charge in [-0.25, -0.2) is 4.98 Å². The number of methoxy groups -OCH3 is 1. The molecular weight excluding hydrogens is 258 g/mol. The smallest absolute Gasteiger partial charge is 0.173 e. The van der Waals surface area contributed by atoms with Gasteiger partial charge >= 0.3 is 0 Å². The van der Waals surface area contributed by atoms with Crippen LogP contribution < -0.4 is 4.74 Å². The predicted molar refractivity (Wildman–Crippen MR) is 77.0 cm³/mol. The van der Waals surface area contributed by atoms with Gasteiger partial charge in [0.05, 0.1) is 17.9 Å². The molecule has 1 heterocycles. The molecule has 19 heavy (non-hydrogen) atoms. The van der Waals surface area contributed by atoms with Crippen LogP contribution in [-0.4, -0.2) is 23.6 Å². The van der Waals surface area contributed by atoms with Gasteiger partial charge < -0.3 is 4.74 Å². The second kappa shape index (κ2) is 6.38. The Balaban J connectivity index is 1.95. The van der Waals surface area contributed by atoms with E-state index in [0.29, 0.717) is 11.3 Å². The van der Waals surface area contributed by atoms with Gasteiger partial charge in [-0.05, 0) is 42.8 Å². The molecule has 0 fully saturated rings. The van der Waals surface area contributed by atoms with Gasteiger partial charge in [0.1, 0.15) is 5.75 Å². The number of aromatic nitrogens is 1. The van der Waals surface area contributed by atoms with Gasteiger partial charge in [-0.1, -0.05) is 17.8 Å².